The van der Waals surface area contributed by atoms with E-state index < -0.39 is 0 Å². The van der Waals surface area contributed by atoms with Crippen LogP contribution in [0.1, 0.15) is 65.2 Å². The Morgan fingerprint density at radius 2 is 1.94 bits per heavy atom. The molecule has 1 N–H and O–H groups in total. The third-order valence-corrected chi connectivity index (χ3v) is 5.39. The molecule has 0 radical (unpaired) electrons. The first kappa shape index (κ1) is 12.0. The number of hydrogen-bond acceptors (Lipinski definition) is 2. The van der Waals surface area contributed by atoms with Gasteiger partial charge in [-0.05, 0) is 63.2 Å². The second kappa shape index (κ2) is 4.24. The van der Waals surface area contributed by atoms with Crippen molar-refractivity contribution in [2.24, 2.45) is 11.8 Å². The summed E-state index contributed by atoms with van der Waals surface area (Å²) in [6, 6.07) is 0. The number of rotatable bonds is 1. The van der Waals surface area contributed by atoms with Crippen LogP contribution in [0.4, 0.5) is 0 Å². The van der Waals surface area contributed by atoms with Crippen LogP contribution in [0.15, 0.2) is 0 Å². The molecule has 2 aliphatic carbocycles. The molecule has 2 nitrogen and oxygen atoms in total. The van der Waals surface area contributed by atoms with E-state index in [4.69, 9.17) is 4.74 Å². The Balaban J connectivity index is 1.71. The fourth-order valence-electron chi connectivity index (χ4n) is 4.04. The Morgan fingerprint density at radius 3 is 2.59 bits per heavy atom. The quantitative estimate of drug-likeness (QED) is 0.754. The predicted octanol–water partition coefficient (Wildman–Crippen LogP) is 3.46. The second-order valence-corrected chi connectivity index (χ2v) is 6.91. The second-order valence-electron chi connectivity index (χ2n) is 6.91. The lowest BCUT2D eigenvalue weighted by molar-refractivity contribution is -0.247. The maximum Gasteiger partial charge on any atom is 0.120 e. The van der Waals surface area contributed by atoms with Gasteiger partial charge < -0.3 is 4.74 Å². The van der Waals surface area contributed by atoms with Crippen LogP contribution in [-0.2, 0) is 4.74 Å². The largest absolute Gasteiger partial charge is 0.354 e. The van der Waals surface area contributed by atoms with E-state index in [2.05, 4.69) is 19.2 Å². The maximum absolute atomic E-state index is 6.61. The molecule has 2 spiro atoms. The first-order valence-corrected chi connectivity index (χ1v) is 7.58. The standard InChI is InChI=1S/C15H27NO/c1-12(2)13-5-3-8-15(11-13)16-10-9-14(17-15)6-4-7-14/h12-13,16H,3-11H2,1-2H3. The van der Waals surface area contributed by atoms with E-state index in [9.17, 15) is 0 Å². The third-order valence-electron chi connectivity index (χ3n) is 5.39. The van der Waals surface area contributed by atoms with Gasteiger partial charge in [0.1, 0.15) is 5.72 Å². The number of hydrogen-bond donors (Lipinski definition) is 1. The van der Waals surface area contributed by atoms with Crippen LogP contribution >= 0.6 is 0 Å². The minimum Gasteiger partial charge on any atom is -0.354 e. The van der Waals surface area contributed by atoms with Gasteiger partial charge in [0, 0.05) is 6.54 Å². The molecule has 98 valence electrons. The zero-order chi connectivity index (χ0) is 11.9. The molecule has 3 rings (SSSR count). The summed E-state index contributed by atoms with van der Waals surface area (Å²) in [6.45, 7) is 5.90. The molecule has 3 aliphatic rings. The fraction of sp³-hybridized carbons (Fsp3) is 1.00. The maximum atomic E-state index is 6.61. The average Bonchev–Trinajstić information content (AvgIpc) is 2.27. The van der Waals surface area contributed by atoms with Crippen molar-refractivity contribution < 1.29 is 4.74 Å². The number of ether oxygens (including phenoxy) is 1. The summed E-state index contributed by atoms with van der Waals surface area (Å²) in [5, 5.41) is 3.72. The molecule has 0 aromatic rings. The summed E-state index contributed by atoms with van der Waals surface area (Å²) >= 11 is 0. The van der Waals surface area contributed by atoms with Gasteiger partial charge in [-0.2, -0.15) is 0 Å². The van der Waals surface area contributed by atoms with E-state index in [1.54, 1.807) is 0 Å². The Morgan fingerprint density at radius 1 is 1.12 bits per heavy atom. The summed E-state index contributed by atoms with van der Waals surface area (Å²) in [6.07, 6.45) is 10.4. The molecule has 0 bridgehead atoms. The zero-order valence-corrected chi connectivity index (χ0v) is 11.4. The van der Waals surface area contributed by atoms with E-state index in [0.29, 0.717) is 0 Å². The van der Waals surface area contributed by atoms with E-state index in [1.165, 1.54) is 57.9 Å². The van der Waals surface area contributed by atoms with Crippen molar-refractivity contribution in [2.75, 3.05) is 6.54 Å². The monoisotopic (exact) mass is 237 g/mol. The van der Waals surface area contributed by atoms with Crippen molar-refractivity contribution in [3.8, 4) is 0 Å². The van der Waals surface area contributed by atoms with Crippen LogP contribution in [0.3, 0.4) is 0 Å². The third kappa shape index (κ3) is 2.15. The molecule has 1 aliphatic heterocycles. The van der Waals surface area contributed by atoms with Crippen molar-refractivity contribution in [2.45, 2.75) is 76.5 Å². The summed E-state index contributed by atoms with van der Waals surface area (Å²) < 4.78 is 6.61. The van der Waals surface area contributed by atoms with Crippen LogP contribution in [-0.4, -0.2) is 17.9 Å². The minimum absolute atomic E-state index is 0.0475. The van der Waals surface area contributed by atoms with Gasteiger partial charge in [0.05, 0.1) is 5.60 Å². The van der Waals surface area contributed by atoms with Crippen molar-refractivity contribution in [3.05, 3.63) is 0 Å². The topological polar surface area (TPSA) is 21.3 Å². The van der Waals surface area contributed by atoms with E-state index >= 15 is 0 Å². The van der Waals surface area contributed by atoms with Crippen molar-refractivity contribution in [1.82, 2.24) is 5.32 Å². The zero-order valence-electron chi connectivity index (χ0n) is 11.4. The molecule has 2 heteroatoms. The highest BCUT2D eigenvalue weighted by atomic mass is 16.5. The van der Waals surface area contributed by atoms with Crippen LogP contribution < -0.4 is 5.32 Å². The predicted molar refractivity (Wildman–Crippen MR) is 69.8 cm³/mol. The van der Waals surface area contributed by atoms with E-state index in [0.717, 1.165) is 11.8 Å². The molecule has 0 aromatic carbocycles. The van der Waals surface area contributed by atoms with Gasteiger partial charge in [0.15, 0.2) is 0 Å². The van der Waals surface area contributed by atoms with Gasteiger partial charge in [-0.3, -0.25) is 5.32 Å². The Labute approximate surface area is 105 Å². The summed E-state index contributed by atoms with van der Waals surface area (Å²) in [4.78, 5) is 0. The lowest BCUT2D eigenvalue weighted by atomic mass is 9.72. The smallest absolute Gasteiger partial charge is 0.120 e. The van der Waals surface area contributed by atoms with Gasteiger partial charge in [-0.25, -0.2) is 0 Å². The number of nitrogens with one attached hydrogen (secondary N) is 1. The molecule has 2 atom stereocenters. The molecular weight excluding hydrogens is 210 g/mol. The van der Waals surface area contributed by atoms with Gasteiger partial charge in [0.2, 0.25) is 0 Å². The normalized spacial score (nSPS) is 40.8. The van der Waals surface area contributed by atoms with Crippen LogP contribution in [0, 0.1) is 11.8 Å². The van der Waals surface area contributed by atoms with Crippen molar-refractivity contribution in [3.63, 3.8) is 0 Å². The molecule has 17 heavy (non-hydrogen) atoms. The molecule has 2 unspecified atom stereocenters. The van der Waals surface area contributed by atoms with Crippen molar-refractivity contribution >= 4 is 0 Å². The average molecular weight is 237 g/mol. The van der Waals surface area contributed by atoms with Gasteiger partial charge in [-0.15, -0.1) is 0 Å². The molecule has 0 amide bonds. The van der Waals surface area contributed by atoms with Crippen LogP contribution in [0.2, 0.25) is 0 Å². The SMILES string of the molecule is CC(C)C1CCCC2(C1)NCCC1(CCC1)O2. The first-order chi connectivity index (χ1) is 8.13. The fourth-order valence-corrected chi connectivity index (χ4v) is 4.04. The minimum atomic E-state index is 0.0475. The first-order valence-electron chi connectivity index (χ1n) is 7.58. The van der Waals surface area contributed by atoms with Gasteiger partial charge in [0.25, 0.3) is 0 Å². The highest BCUT2D eigenvalue weighted by Gasteiger charge is 2.50. The Kier molecular flexibility index (Phi) is 2.99. The van der Waals surface area contributed by atoms with Crippen LogP contribution in [0.25, 0.3) is 0 Å². The van der Waals surface area contributed by atoms with Gasteiger partial charge >= 0.3 is 0 Å². The summed E-state index contributed by atoms with van der Waals surface area (Å²) in [7, 11) is 0. The molecule has 2 saturated carbocycles. The molecule has 1 saturated heterocycles. The van der Waals surface area contributed by atoms with Gasteiger partial charge in [-0.1, -0.05) is 13.8 Å². The summed E-state index contributed by atoms with van der Waals surface area (Å²) in [5.41, 5.74) is 0.329. The highest BCUT2D eigenvalue weighted by molar-refractivity contribution is 5.00. The van der Waals surface area contributed by atoms with Crippen LogP contribution in [0.5, 0.6) is 0 Å². The van der Waals surface area contributed by atoms with Crippen molar-refractivity contribution in [1.29, 1.82) is 0 Å². The molecule has 0 aromatic heterocycles. The van der Waals surface area contributed by atoms with E-state index in [1.807, 2.05) is 0 Å². The Hall–Kier alpha value is -0.0800. The highest BCUT2D eigenvalue weighted by Crippen LogP contribution is 2.48. The molecule has 3 fully saturated rings. The molecular formula is C15H27NO. The Bertz CT molecular complexity index is 281. The lowest BCUT2D eigenvalue weighted by Gasteiger charge is -2.55. The summed E-state index contributed by atoms with van der Waals surface area (Å²) in [5.74, 6) is 1.66. The lowest BCUT2D eigenvalue weighted by Crippen LogP contribution is -2.63. The van der Waals surface area contributed by atoms with E-state index in [-0.39, 0.29) is 11.3 Å². The molecule has 1 heterocycles.